The normalized spacial score (nSPS) is 10.3. The van der Waals surface area contributed by atoms with Gasteiger partial charge in [0.2, 0.25) is 0 Å². The van der Waals surface area contributed by atoms with Crippen molar-refractivity contribution in [3.8, 4) is 5.75 Å². The lowest BCUT2D eigenvalue weighted by molar-refractivity contribution is 0.0696. The summed E-state index contributed by atoms with van der Waals surface area (Å²) in [5, 5.41) is 8.98. The van der Waals surface area contributed by atoms with Crippen LogP contribution in [0.1, 0.15) is 15.9 Å². The van der Waals surface area contributed by atoms with Gasteiger partial charge < -0.3 is 9.84 Å². The third-order valence-corrected chi connectivity index (χ3v) is 4.44. The number of halogens is 3. The zero-order valence-electron chi connectivity index (χ0n) is 10.1. The van der Waals surface area contributed by atoms with E-state index in [2.05, 4.69) is 54.5 Å². The Hall–Kier alpha value is -0.600. The van der Waals surface area contributed by atoms with Crippen LogP contribution in [0.15, 0.2) is 45.3 Å². The number of carbonyl (C=O) groups is 1. The second kappa shape index (κ2) is 6.91. The lowest BCUT2D eigenvalue weighted by Gasteiger charge is -2.11. The molecule has 0 aliphatic carbocycles. The Kier molecular flexibility index (Phi) is 5.45. The molecule has 0 aliphatic rings. The highest BCUT2D eigenvalue weighted by atomic mass is 127. The topological polar surface area (TPSA) is 46.5 Å². The number of carboxylic acid groups (broad SMARTS) is 1. The molecule has 0 radical (unpaired) electrons. The molecule has 0 aromatic heterocycles. The van der Waals surface area contributed by atoms with E-state index in [9.17, 15) is 4.79 Å². The van der Waals surface area contributed by atoms with Crippen molar-refractivity contribution in [2.45, 2.75) is 6.61 Å². The van der Waals surface area contributed by atoms with Gasteiger partial charge in [0, 0.05) is 3.57 Å². The molecule has 104 valence electrons. The first-order chi connectivity index (χ1) is 9.47. The average Bonchev–Trinajstić information content (AvgIpc) is 2.39. The Labute approximate surface area is 146 Å². The lowest BCUT2D eigenvalue weighted by atomic mass is 10.2. The average molecular weight is 512 g/mol. The van der Waals surface area contributed by atoms with Crippen LogP contribution in [0.4, 0.5) is 0 Å². The van der Waals surface area contributed by atoms with Crippen LogP contribution in [0, 0.1) is 3.57 Å². The predicted molar refractivity (Wildman–Crippen MR) is 92.3 cm³/mol. The van der Waals surface area contributed by atoms with Crippen LogP contribution < -0.4 is 4.74 Å². The second-order valence-electron chi connectivity index (χ2n) is 3.99. The van der Waals surface area contributed by atoms with Gasteiger partial charge in [-0.2, -0.15) is 0 Å². The van der Waals surface area contributed by atoms with E-state index in [-0.39, 0.29) is 5.56 Å². The summed E-state index contributed by atoms with van der Waals surface area (Å²) < 4.78 is 8.12. The second-order valence-corrected chi connectivity index (χ2v) is 6.94. The maximum absolute atomic E-state index is 10.9. The standard InChI is InChI=1S/C14H9Br2IO3/c15-11-5-9(14(18)19)6-12(16)13(11)20-7-8-1-3-10(17)4-2-8/h1-6H,7H2,(H,18,19). The van der Waals surface area contributed by atoms with Crippen molar-refractivity contribution in [3.63, 3.8) is 0 Å². The van der Waals surface area contributed by atoms with E-state index in [1.807, 2.05) is 24.3 Å². The van der Waals surface area contributed by atoms with Gasteiger partial charge in [-0.3, -0.25) is 0 Å². The van der Waals surface area contributed by atoms with Crippen molar-refractivity contribution < 1.29 is 14.6 Å². The molecule has 0 aliphatic heterocycles. The molecule has 0 saturated heterocycles. The zero-order valence-corrected chi connectivity index (χ0v) is 15.4. The molecule has 1 N–H and O–H groups in total. The first-order valence-corrected chi connectivity index (χ1v) is 8.23. The van der Waals surface area contributed by atoms with E-state index in [0.29, 0.717) is 21.3 Å². The highest BCUT2D eigenvalue weighted by Crippen LogP contribution is 2.35. The van der Waals surface area contributed by atoms with Gasteiger partial charge in [-0.1, -0.05) is 12.1 Å². The van der Waals surface area contributed by atoms with Crippen LogP contribution in [-0.2, 0) is 6.61 Å². The largest absolute Gasteiger partial charge is 0.487 e. The SMILES string of the molecule is O=C(O)c1cc(Br)c(OCc2ccc(I)cc2)c(Br)c1. The molecule has 2 aromatic rings. The summed E-state index contributed by atoms with van der Waals surface area (Å²) >= 11 is 8.91. The fraction of sp³-hybridized carbons (Fsp3) is 0.0714. The minimum absolute atomic E-state index is 0.199. The fourth-order valence-electron chi connectivity index (χ4n) is 1.56. The van der Waals surface area contributed by atoms with E-state index in [1.54, 1.807) is 0 Å². The molecule has 0 heterocycles. The Balaban J connectivity index is 2.17. The van der Waals surface area contributed by atoms with Crippen LogP contribution in [0.2, 0.25) is 0 Å². The third-order valence-electron chi connectivity index (χ3n) is 2.54. The minimum atomic E-state index is -0.976. The highest BCUT2D eigenvalue weighted by Gasteiger charge is 2.12. The molecule has 2 aromatic carbocycles. The molecule has 0 saturated carbocycles. The van der Waals surface area contributed by atoms with Gasteiger partial charge in [-0.15, -0.1) is 0 Å². The predicted octanol–water partition coefficient (Wildman–Crippen LogP) is 5.09. The highest BCUT2D eigenvalue weighted by molar-refractivity contribution is 14.1. The van der Waals surface area contributed by atoms with Gasteiger partial charge in [0.25, 0.3) is 0 Å². The summed E-state index contributed by atoms with van der Waals surface area (Å²) in [5.41, 5.74) is 1.25. The van der Waals surface area contributed by atoms with Gasteiger partial charge in [-0.25, -0.2) is 4.79 Å². The van der Waals surface area contributed by atoms with E-state index in [1.165, 1.54) is 15.7 Å². The van der Waals surface area contributed by atoms with Gasteiger partial charge in [0.1, 0.15) is 12.4 Å². The van der Waals surface area contributed by atoms with Crippen LogP contribution >= 0.6 is 54.5 Å². The molecular weight excluding hydrogens is 503 g/mol. The Morgan fingerprint density at radius 2 is 1.70 bits per heavy atom. The number of hydrogen-bond acceptors (Lipinski definition) is 2. The number of carboxylic acids is 1. The molecule has 0 bridgehead atoms. The van der Waals surface area contributed by atoms with Gasteiger partial charge in [-0.05, 0) is 84.3 Å². The molecule has 2 rings (SSSR count). The van der Waals surface area contributed by atoms with Crippen LogP contribution in [0.25, 0.3) is 0 Å². The first-order valence-electron chi connectivity index (χ1n) is 5.57. The molecule has 0 fully saturated rings. The quantitative estimate of drug-likeness (QED) is 0.581. The molecule has 0 amide bonds. The number of rotatable bonds is 4. The van der Waals surface area contributed by atoms with Crippen molar-refractivity contribution in [1.82, 2.24) is 0 Å². The number of hydrogen-bond donors (Lipinski definition) is 1. The van der Waals surface area contributed by atoms with Gasteiger partial charge in [0.05, 0.1) is 14.5 Å². The number of benzene rings is 2. The summed E-state index contributed by atoms with van der Waals surface area (Å²) in [5.74, 6) is -0.385. The van der Waals surface area contributed by atoms with Crippen molar-refractivity contribution in [3.05, 3.63) is 60.0 Å². The Morgan fingerprint density at radius 1 is 1.15 bits per heavy atom. The van der Waals surface area contributed by atoms with Crippen molar-refractivity contribution in [2.75, 3.05) is 0 Å². The van der Waals surface area contributed by atoms with E-state index < -0.39 is 5.97 Å². The molecule has 0 unspecified atom stereocenters. The summed E-state index contributed by atoms with van der Waals surface area (Å²) in [6.07, 6.45) is 0. The third kappa shape index (κ3) is 3.95. The minimum Gasteiger partial charge on any atom is -0.487 e. The number of ether oxygens (including phenoxy) is 1. The van der Waals surface area contributed by atoms with Crippen molar-refractivity contribution >= 4 is 60.4 Å². The van der Waals surface area contributed by atoms with Crippen LogP contribution in [-0.4, -0.2) is 11.1 Å². The number of aromatic carboxylic acids is 1. The summed E-state index contributed by atoms with van der Waals surface area (Å²) in [6, 6.07) is 11.1. The summed E-state index contributed by atoms with van der Waals surface area (Å²) in [7, 11) is 0. The fourth-order valence-corrected chi connectivity index (χ4v) is 3.33. The molecule has 3 nitrogen and oxygen atoms in total. The van der Waals surface area contributed by atoms with Crippen LogP contribution in [0.3, 0.4) is 0 Å². The molecular formula is C14H9Br2IO3. The summed E-state index contributed by atoms with van der Waals surface area (Å²) in [6.45, 7) is 0.417. The molecule has 0 atom stereocenters. The van der Waals surface area contributed by atoms with Gasteiger partial charge in [0.15, 0.2) is 0 Å². The molecule has 20 heavy (non-hydrogen) atoms. The first kappa shape index (κ1) is 15.8. The maximum atomic E-state index is 10.9. The Bertz CT molecular complexity index is 618. The van der Waals surface area contributed by atoms with Crippen molar-refractivity contribution in [1.29, 1.82) is 0 Å². The van der Waals surface area contributed by atoms with Crippen molar-refractivity contribution in [2.24, 2.45) is 0 Å². The van der Waals surface area contributed by atoms with E-state index in [4.69, 9.17) is 9.84 Å². The molecule has 6 heteroatoms. The molecule has 0 spiro atoms. The maximum Gasteiger partial charge on any atom is 0.335 e. The smallest absolute Gasteiger partial charge is 0.335 e. The lowest BCUT2D eigenvalue weighted by Crippen LogP contribution is -2.00. The van der Waals surface area contributed by atoms with Gasteiger partial charge >= 0.3 is 5.97 Å². The zero-order chi connectivity index (χ0) is 14.7. The van der Waals surface area contributed by atoms with Crippen LogP contribution in [0.5, 0.6) is 5.75 Å². The van der Waals surface area contributed by atoms with E-state index in [0.717, 1.165) is 5.56 Å². The summed E-state index contributed by atoms with van der Waals surface area (Å²) in [4.78, 5) is 10.9. The Morgan fingerprint density at radius 3 is 2.20 bits per heavy atom. The monoisotopic (exact) mass is 510 g/mol. The van der Waals surface area contributed by atoms with E-state index >= 15 is 0 Å².